The Labute approximate surface area is 136 Å². The SMILES string of the molecule is COc1cc(S(=O)(=O)N(C)CCN2C[C@@H](C)O[C@@H](C)C2)sn1. The van der Waals surface area contributed by atoms with Gasteiger partial charge in [0.15, 0.2) is 4.21 Å². The third-order valence-corrected chi connectivity index (χ3v) is 6.62. The fourth-order valence-corrected chi connectivity index (χ4v) is 4.69. The number of hydrogen-bond acceptors (Lipinski definition) is 7. The third-order valence-electron chi connectivity index (χ3n) is 3.57. The van der Waals surface area contributed by atoms with Crippen LogP contribution in [0.1, 0.15) is 13.8 Å². The number of nitrogens with zero attached hydrogens (tertiary/aromatic N) is 3. The maximum atomic E-state index is 12.5. The summed E-state index contributed by atoms with van der Waals surface area (Å²) < 4.78 is 41.1. The maximum Gasteiger partial charge on any atom is 0.254 e. The van der Waals surface area contributed by atoms with Crippen LogP contribution in [0.4, 0.5) is 0 Å². The monoisotopic (exact) mass is 349 g/mol. The summed E-state index contributed by atoms with van der Waals surface area (Å²) in [6, 6.07) is 1.45. The maximum absolute atomic E-state index is 12.5. The number of ether oxygens (including phenoxy) is 2. The molecule has 9 heteroatoms. The number of methoxy groups -OCH3 is 1. The van der Waals surface area contributed by atoms with Crippen molar-refractivity contribution in [2.75, 3.05) is 40.3 Å². The molecule has 126 valence electrons. The van der Waals surface area contributed by atoms with Gasteiger partial charge >= 0.3 is 0 Å². The molecular formula is C13H23N3O4S2. The Balaban J connectivity index is 1.94. The van der Waals surface area contributed by atoms with Crippen molar-refractivity contribution < 1.29 is 17.9 Å². The molecule has 1 aliphatic heterocycles. The van der Waals surface area contributed by atoms with Gasteiger partial charge in [-0.2, -0.15) is 8.68 Å². The van der Waals surface area contributed by atoms with Crippen molar-refractivity contribution in [3.8, 4) is 5.88 Å². The van der Waals surface area contributed by atoms with Crippen LogP contribution >= 0.6 is 11.5 Å². The van der Waals surface area contributed by atoms with E-state index in [-0.39, 0.29) is 16.4 Å². The van der Waals surface area contributed by atoms with Gasteiger partial charge in [-0.1, -0.05) is 0 Å². The van der Waals surface area contributed by atoms with E-state index in [0.29, 0.717) is 19.0 Å². The number of sulfonamides is 1. The van der Waals surface area contributed by atoms with Gasteiger partial charge in [0.1, 0.15) is 0 Å². The first kappa shape index (κ1) is 17.6. The first-order valence-electron chi connectivity index (χ1n) is 7.17. The Morgan fingerprint density at radius 3 is 2.64 bits per heavy atom. The molecule has 0 aromatic carbocycles. The minimum absolute atomic E-state index is 0.177. The lowest BCUT2D eigenvalue weighted by molar-refractivity contribution is -0.0681. The van der Waals surface area contributed by atoms with E-state index in [0.717, 1.165) is 24.6 Å². The number of likely N-dealkylation sites (N-methyl/N-ethyl adjacent to an activating group) is 1. The molecule has 7 nitrogen and oxygen atoms in total. The number of aromatic nitrogens is 1. The summed E-state index contributed by atoms with van der Waals surface area (Å²) in [5.41, 5.74) is 0. The summed E-state index contributed by atoms with van der Waals surface area (Å²) in [5, 5.41) is 0. The summed E-state index contributed by atoms with van der Waals surface area (Å²) in [6.45, 7) is 6.84. The van der Waals surface area contributed by atoms with Gasteiger partial charge in [-0.25, -0.2) is 8.42 Å². The Kier molecular flexibility index (Phi) is 5.78. The molecule has 0 saturated carbocycles. The highest BCUT2D eigenvalue weighted by Gasteiger charge is 2.26. The van der Waals surface area contributed by atoms with Gasteiger partial charge in [-0.3, -0.25) is 4.90 Å². The van der Waals surface area contributed by atoms with Crippen LogP contribution in [0.3, 0.4) is 0 Å². The molecule has 2 atom stereocenters. The molecular weight excluding hydrogens is 326 g/mol. The third kappa shape index (κ3) is 4.17. The fourth-order valence-electron chi connectivity index (χ4n) is 2.48. The van der Waals surface area contributed by atoms with Gasteiger partial charge in [0.25, 0.3) is 10.0 Å². The number of morpholine rings is 1. The van der Waals surface area contributed by atoms with Gasteiger partial charge < -0.3 is 9.47 Å². The van der Waals surface area contributed by atoms with Crippen LogP contribution < -0.4 is 4.74 Å². The molecule has 1 saturated heterocycles. The smallest absolute Gasteiger partial charge is 0.254 e. The highest BCUT2D eigenvalue weighted by Crippen LogP contribution is 2.24. The van der Waals surface area contributed by atoms with E-state index in [1.165, 1.54) is 17.5 Å². The zero-order valence-corrected chi connectivity index (χ0v) is 15.0. The lowest BCUT2D eigenvalue weighted by Gasteiger charge is -2.35. The second kappa shape index (κ2) is 7.22. The second-order valence-electron chi connectivity index (χ2n) is 5.53. The molecule has 0 N–H and O–H groups in total. The van der Waals surface area contributed by atoms with E-state index >= 15 is 0 Å². The Morgan fingerprint density at radius 2 is 2.09 bits per heavy atom. The molecule has 1 aromatic rings. The van der Waals surface area contributed by atoms with Crippen molar-refractivity contribution in [2.45, 2.75) is 30.3 Å². The quantitative estimate of drug-likeness (QED) is 0.759. The molecule has 1 aromatic heterocycles. The summed E-state index contributed by atoms with van der Waals surface area (Å²) >= 11 is 0.933. The summed E-state index contributed by atoms with van der Waals surface area (Å²) in [6.07, 6.45) is 0.354. The summed E-state index contributed by atoms with van der Waals surface area (Å²) in [4.78, 5) is 2.23. The number of hydrogen-bond donors (Lipinski definition) is 0. The molecule has 0 spiro atoms. The number of rotatable bonds is 6. The highest BCUT2D eigenvalue weighted by atomic mass is 32.2. The van der Waals surface area contributed by atoms with Crippen LogP contribution in [0.2, 0.25) is 0 Å². The van der Waals surface area contributed by atoms with E-state index in [2.05, 4.69) is 9.27 Å². The first-order valence-corrected chi connectivity index (χ1v) is 9.39. The minimum atomic E-state index is -3.50. The van der Waals surface area contributed by atoms with Gasteiger partial charge in [-0.15, -0.1) is 0 Å². The standard InChI is InChI=1S/C13H23N3O4S2/c1-10-8-16(9-11(2)20-10)6-5-15(3)22(17,18)13-7-12(19-4)14-21-13/h7,10-11H,5-6,8-9H2,1-4H3/t10-,11+. The molecule has 0 unspecified atom stereocenters. The van der Waals surface area contributed by atoms with Crippen molar-refractivity contribution in [3.63, 3.8) is 0 Å². The molecule has 2 rings (SSSR count). The molecule has 1 aliphatic rings. The van der Waals surface area contributed by atoms with Crippen molar-refractivity contribution in [1.29, 1.82) is 0 Å². The topological polar surface area (TPSA) is 72.0 Å². The van der Waals surface area contributed by atoms with E-state index in [1.54, 1.807) is 7.05 Å². The van der Waals surface area contributed by atoms with Gasteiger partial charge in [0.05, 0.1) is 19.3 Å². The van der Waals surface area contributed by atoms with E-state index in [4.69, 9.17) is 9.47 Å². The summed E-state index contributed by atoms with van der Waals surface area (Å²) in [5.74, 6) is 0.327. The van der Waals surface area contributed by atoms with Crippen LogP contribution in [0.5, 0.6) is 5.88 Å². The van der Waals surface area contributed by atoms with Crippen molar-refractivity contribution >= 4 is 21.6 Å². The Bertz CT molecular complexity index is 580. The second-order valence-corrected chi connectivity index (χ2v) is 8.61. The predicted molar refractivity (Wildman–Crippen MR) is 84.9 cm³/mol. The highest BCUT2D eigenvalue weighted by molar-refractivity contribution is 7.91. The average Bonchev–Trinajstić information content (AvgIpc) is 2.93. The zero-order valence-electron chi connectivity index (χ0n) is 13.4. The van der Waals surface area contributed by atoms with Crippen LogP contribution in [0.15, 0.2) is 10.3 Å². The van der Waals surface area contributed by atoms with Crippen molar-refractivity contribution in [2.24, 2.45) is 0 Å². The van der Waals surface area contributed by atoms with Gasteiger partial charge in [0.2, 0.25) is 5.88 Å². The normalized spacial score (nSPS) is 23.9. The van der Waals surface area contributed by atoms with Crippen molar-refractivity contribution in [1.82, 2.24) is 13.6 Å². The van der Waals surface area contributed by atoms with Crippen LogP contribution in [0, 0.1) is 0 Å². The molecule has 0 amide bonds. The van der Waals surface area contributed by atoms with Crippen molar-refractivity contribution in [3.05, 3.63) is 6.07 Å². The van der Waals surface area contributed by atoms with Gasteiger partial charge in [0, 0.05) is 39.3 Å². The van der Waals surface area contributed by atoms with Gasteiger partial charge in [-0.05, 0) is 25.4 Å². The van der Waals surface area contributed by atoms with Crippen LogP contribution in [-0.4, -0.2) is 74.5 Å². The average molecular weight is 349 g/mol. The van der Waals surface area contributed by atoms with Crippen LogP contribution in [-0.2, 0) is 14.8 Å². The predicted octanol–water partition coefficient (Wildman–Crippen LogP) is 0.881. The van der Waals surface area contributed by atoms with E-state index in [9.17, 15) is 8.42 Å². The molecule has 0 radical (unpaired) electrons. The molecule has 22 heavy (non-hydrogen) atoms. The Morgan fingerprint density at radius 1 is 1.45 bits per heavy atom. The van der Waals surface area contributed by atoms with Crippen LogP contribution in [0.25, 0.3) is 0 Å². The molecule has 2 heterocycles. The lowest BCUT2D eigenvalue weighted by atomic mass is 10.2. The lowest BCUT2D eigenvalue weighted by Crippen LogP contribution is -2.48. The fraction of sp³-hybridized carbons (Fsp3) is 0.769. The summed E-state index contributed by atoms with van der Waals surface area (Å²) in [7, 11) is -0.444. The Hall–Kier alpha value is -0.740. The zero-order chi connectivity index (χ0) is 16.3. The molecule has 0 aliphatic carbocycles. The first-order chi connectivity index (χ1) is 10.3. The van der Waals surface area contributed by atoms with E-state index in [1.807, 2.05) is 13.8 Å². The molecule has 0 bridgehead atoms. The molecule has 1 fully saturated rings. The largest absolute Gasteiger partial charge is 0.480 e. The van der Waals surface area contributed by atoms with E-state index < -0.39 is 10.0 Å². The minimum Gasteiger partial charge on any atom is -0.480 e.